The molecular weight excluding hydrogens is 456 g/mol. The van der Waals surface area contributed by atoms with Crippen molar-refractivity contribution in [2.24, 2.45) is 0 Å². The first kappa shape index (κ1) is 22.8. The van der Waals surface area contributed by atoms with Crippen LogP contribution in [0.2, 0.25) is 0 Å². The number of carbonyl (C=O) groups is 1. The maximum atomic E-state index is 13.3. The van der Waals surface area contributed by atoms with E-state index >= 15 is 0 Å². The minimum atomic E-state index is -3.75. The van der Waals surface area contributed by atoms with Crippen LogP contribution >= 0.6 is 11.3 Å². The fraction of sp³-hybridized carbons (Fsp3) is 0.160. The molecule has 170 valence electrons. The Hall–Kier alpha value is -3.36. The summed E-state index contributed by atoms with van der Waals surface area (Å²) in [5.41, 5.74) is 1.01. The Bertz CT molecular complexity index is 1230. The van der Waals surface area contributed by atoms with Crippen LogP contribution in [0.15, 0.2) is 99.8 Å². The zero-order valence-electron chi connectivity index (χ0n) is 18.1. The van der Waals surface area contributed by atoms with Gasteiger partial charge in [0, 0.05) is 17.0 Å². The molecule has 0 aliphatic rings. The zero-order chi connectivity index (χ0) is 23.3. The Morgan fingerprint density at radius 3 is 2.27 bits per heavy atom. The molecule has 0 spiro atoms. The molecular formula is C25H24N2O4S2. The maximum absolute atomic E-state index is 13.3. The third kappa shape index (κ3) is 5.18. The van der Waals surface area contributed by atoms with Crippen molar-refractivity contribution in [2.45, 2.75) is 24.9 Å². The molecule has 0 saturated carbocycles. The van der Waals surface area contributed by atoms with E-state index in [9.17, 15) is 13.2 Å². The molecule has 2 heterocycles. The van der Waals surface area contributed by atoms with Gasteiger partial charge >= 0.3 is 0 Å². The summed E-state index contributed by atoms with van der Waals surface area (Å²) in [5, 5.41) is 1.97. The molecule has 0 fully saturated rings. The highest BCUT2D eigenvalue weighted by Crippen LogP contribution is 2.24. The fourth-order valence-corrected chi connectivity index (χ4v) is 5.74. The molecule has 0 N–H and O–H groups in total. The molecule has 1 amide bonds. The van der Waals surface area contributed by atoms with Gasteiger partial charge in [0.15, 0.2) is 0 Å². The van der Waals surface area contributed by atoms with Gasteiger partial charge in [0.25, 0.3) is 15.9 Å². The second kappa shape index (κ2) is 10.1. The van der Waals surface area contributed by atoms with Crippen molar-refractivity contribution in [2.75, 3.05) is 10.8 Å². The van der Waals surface area contributed by atoms with Crippen LogP contribution in [0.4, 0.5) is 5.69 Å². The second-order valence-electron chi connectivity index (χ2n) is 7.35. The van der Waals surface area contributed by atoms with Crippen molar-refractivity contribution in [1.29, 1.82) is 0 Å². The summed E-state index contributed by atoms with van der Waals surface area (Å²) in [4.78, 5) is 16.2. The molecule has 0 radical (unpaired) electrons. The number of hydrogen-bond donors (Lipinski definition) is 0. The van der Waals surface area contributed by atoms with Gasteiger partial charge in [-0.2, -0.15) is 0 Å². The van der Waals surface area contributed by atoms with E-state index < -0.39 is 10.0 Å². The third-order valence-electron chi connectivity index (χ3n) is 5.16. The standard InChI is InChI=1S/C25H24N2O4S2/c1-2-27(21-8-4-3-5-9-21)33(29,30)24-14-12-20(13-15-24)25(28)26(18-22-10-6-16-31-22)19-23-11-7-17-32-23/h3-17H,2,18-19H2,1H3. The van der Waals surface area contributed by atoms with Crippen molar-refractivity contribution >= 4 is 33.0 Å². The second-order valence-corrected chi connectivity index (χ2v) is 10.2. The Kier molecular flexibility index (Phi) is 6.96. The number of nitrogens with zero attached hydrogens (tertiary/aromatic N) is 2. The number of anilines is 1. The number of thiophene rings is 1. The lowest BCUT2D eigenvalue weighted by molar-refractivity contribution is 0.0719. The largest absolute Gasteiger partial charge is 0.467 e. The molecule has 0 aliphatic carbocycles. The molecule has 0 atom stereocenters. The third-order valence-corrected chi connectivity index (χ3v) is 7.94. The predicted octanol–water partition coefficient (Wildman–Crippen LogP) is 5.40. The summed E-state index contributed by atoms with van der Waals surface area (Å²) in [6.45, 7) is 2.85. The van der Waals surface area contributed by atoms with Crippen LogP contribution < -0.4 is 4.31 Å². The smallest absolute Gasteiger partial charge is 0.264 e. The van der Waals surface area contributed by atoms with Crippen LogP contribution in [0.5, 0.6) is 0 Å². The van der Waals surface area contributed by atoms with Gasteiger partial charge < -0.3 is 9.32 Å². The van der Waals surface area contributed by atoms with Crippen molar-refractivity contribution < 1.29 is 17.6 Å². The topological polar surface area (TPSA) is 70.8 Å². The number of para-hydroxylation sites is 1. The van der Waals surface area contributed by atoms with Crippen molar-refractivity contribution in [1.82, 2.24) is 4.90 Å². The molecule has 0 bridgehead atoms. The lowest BCUT2D eigenvalue weighted by Crippen LogP contribution is -2.31. The quantitative estimate of drug-likeness (QED) is 0.322. The first-order valence-corrected chi connectivity index (χ1v) is 12.8. The van der Waals surface area contributed by atoms with E-state index in [-0.39, 0.29) is 10.8 Å². The van der Waals surface area contributed by atoms with Crippen molar-refractivity contribution in [3.63, 3.8) is 0 Å². The first-order valence-electron chi connectivity index (χ1n) is 10.5. The SMILES string of the molecule is CCN(c1ccccc1)S(=O)(=O)c1ccc(C(=O)N(Cc2ccco2)Cc2cccs2)cc1. The van der Waals surface area contributed by atoms with Crippen LogP contribution in [-0.2, 0) is 23.1 Å². The molecule has 33 heavy (non-hydrogen) atoms. The van der Waals surface area contributed by atoms with E-state index in [4.69, 9.17) is 4.42 Å². The number of sulfonamides is 1. The molecule has 2 aromatic carbocycles. The maximum Gasteiger partial charge on any atom is 0.264 e. The normalized spacial score (nSPS) is 11.3. The summed E-state index contributed by atoms with van der Waals surface area (Å²) in [6.07, 6.45) is 1.58. The van der Waals surface area contributed by atoms with Gasteiger partial charge in [-0.3, -0.25) is 9.10 Å². The number of amides is 1. The van der Waals surface area contributed by atoms with E-state index in [0.717, 1.165) is 4.88 Å². The Morgan fingerprint density at radius 1 is 0.909 bits per heavy atom. The molecule has 6 nitrogen and oxygen atoms in total. The van der Waals surface area contributed by atoms with E-state index in [1.54, 1.807) is 71.9 Å². The lowest BCUT2D eigenvalue weighted by Gasteiger charge is -2.23. The van der Waals surface area contributed by atoms with Crippen LogP contribution in [0, 0.1) is 0 Å². The molecule has 4 rings (SSSR count). The van der Waals surface area contributed by atoms with Gasteiger partial charge in [0.1, 0.15) is 5.76 Å². The molecule has 8 heteroatoms. The summed E-state index contributed by atoms with van der Waals surface area (Å²) < 4.78 is 33.2. The number of furan rings is 1. The average Bonchev–Trinajstić information content (AvgIpc) is 3.54. The average molecular weight is 481 g/mol. The van der Waals surface area contributed by atoms with Crippen LogP contribution in [0.25, 0.3) is 0 Å². The summed E-state index contributed by atoms with van der Waals surface area (Å²) in [5.74, 6) is 0.486. The summed E-state index contributed by atoms with van der Waals surface area (Å²) in [7, 11) is -3.75. The fourth-order valence-electron chi connectivity index (χ4n) is 3.55. The molecule has 2 aromatic heterocycles. The van der Waals surface area contributed by atoms with E-state index in [2.05, 4.69) is 0 Å². The monoisotopic (exact) mass is 480 g/mol. The van der Waals surface area contributed by atoms with E-state index in [1.807, 2.05) is 29.6 Å². The molecule has 0 saturated heterocycles. The minimum absolute atomic E-state index is 0.139. The van der Waals surface area contributed by atoms with Crippen molar-refractivity contribution in [3.05, 3.63) is 107 Å². The molecule has 0 unspecified atom stereocenters. The van der Waals surface area contributed by atoms with E-state index in [1.165, 1.54) is 16.4 Å². The highest BCUT2D eigenvalue weighted by Gasteiger charge is 2.25. The number of hydrogen-bond acceptors (Lipinski definition) is 5. The van der Waals surface area contributed by atoms with Gasteiger partial charge in [-0.15, -0.1) is 11.3 Å². The van der Waals surface area contributed by atoms with Gasteiger partial charge in [0.05, 0.1) is 29.9 Å². The number of carbonyl (C=O) groups excluding carboxylic acids is 1. The van der Waals surface area contributed by atoms with Crippen LogP contribution in [-0.4, -0.2) is 25.8 Å². The Labute approximate surface area is 197 Å². The van der Waals surface area contributed by atoms with Gasteiger partial charge in [-0.05, 0) is 66.9 Å². The zero-order valence-corrected chi connectivity index (χ0v) is 19.8. The summed E-state index contributed by atoms with van der Waals surface area (Å²) in [6, 6.07) is 22.6. The lowest BCUT2D eigenvalue weighted by atomic mass is 10.2. The van der Waals surface area contributed by atoms with Crippen LogP contribution in [0.1, 0.15) is 27.9 Å². The Balaban J connectivity index is 1.58. The highest BCUT2D eigenvalue weighted by molar-refractivity contribution is 7.92. The van der Waals surface area contributed by atoms with E-state index in [0.29, 0.717) is 36.6 Å². The predicted molar refractivity (Wildman–Crippen MR) is 130 cm³/mol. The number of rotatable bonds is 9. The Morgan fingerprint density at radius 2 is 1.67 bits per heavy atom. The summed E-state index contributed by atoms with van der Waals surface area (Å²) >= 11 is 1.58. The molecule has 0 aliphatic heterocycles. The van der Waals surface area contributed by atoms with Gasteiger partial charge in [-0.25, -0.2) is 8.42 Å². The highest BCUT2D eigenvalue weighted by atomic mass is 32.2. The van der Waals surface area contributed by atoms with Crippen molar-refractivity contribution in [3.8, 4) is 0 Å². The first-order chi connectivity index (χ1) is 16.0. The van der Waals surface area contributed by atoms with Gasteiger partial charge in [0.2, 0.25) is 0 Å². The minimum Gasteiger partial charge on any atom is -0.467 e. The number of benzene rings is 2. The van der Waals surface area contributed by atoms with Gasteiger partial charge in [-0.1, -0.05) is 24.3 Å². The molecule has 4 aromatic rings. The van der Waals surface area contributed by atoms with Crippen LogP contribution in [0.3, 0.4) is 0 Å².